The maximum Gasteiger partial charge on any atom is 0.214 e. The summed E-state index contributed by atoms with van der Waals surface area (Å²) in [4.78, 5) is 0. The molecule has 0 atom stereocenters. The van der Waals surface area contributed by atoms with Gasteiger partial charge in [-0.3, -0.25) is 5.41 Å². The van der Waals surface area contributed by atoms with Crippen LogP contribution in [0.15, 0.2) is 15.2 Å². The van der Waals surface area contributed by atoms with E-state index in [1.807, 2.05) is 18.4 Å². The molecule has 0 saturated carbocycles. The molecule has 1 rings (SSSR count). The lowest BCUT2D eigenvalue weighted by Gasteiger charge is -2.00. The zero-order valence-electron chi connectivity index (χ0n) is 6.06. The number of halogens is 1. The van der Waals surface area contributed by atoms with Crippen molar-refractivity contribution in [2.75, 3.05) is 6.61 Å². The van der Waals surface area contributed by atoms with Crippen LogP contribution in [0, 0.1) is 5.41 Å². The molecule has 1 aromatic rings. The highest BCUT2D eigenvalue weighted by Gasteiger charge is 2.03. The van der Waals surface area contributed by atoms with Gasteiger partial charge in [-0.25, -0.2) is 0 Å². The molecule has 0 amide bonds. The third-order valence-corrected chi connectivity index (χ3v) is 2.62. The molecular weight excluding hydrogens is 226 g/mol. The molecule has 0 aliphatic carbocycles. The van der Waals surface area contributed by atoms with Crippen LogP contribution in [0.2, 0.25) is 0 Å². The lowest BCUT2D eigenvalue weighted by Crippen LogP contribution is -2.02. The molecule has 1 N–H and O–H groups in total. The summed E-state index contributed by atoms with van der Waals surface area (Å²) >= 11 is 4.87. The van der Waals surface area contributed by atoms with Crippen LogP contribution in [0.4, 0.5) is 0 Å². The molecule has 1 heterocycles. The molecule has 2 nitrogen and oxygen atoms in total. The van der Waals surface area contributed by atoms with Crippen molar-refractivity contribution in [2.45, 2.75) is 6.92 Å². The Morgan fingerprint density at radius 3 is 3.00 bits per heavy atom. The summed E-state index contributed by atoms with van der Waals surface area (Å²) in [6.07, 6.45) is 0. The Bertz CT molecular complexity index is 259. The van der Waals surface area contributed by atoms with Crippen LogP contribution in [0.5, 0.6) is 0 Å². The number of ether oxygens (including phenoxy) is 1. The number of rotatable bonds is 2. The second-order valence-electron chi connectivity index (χ2n) is 1.90. The second-order valence-corrected chi connectivity index (χ2v) is 4.19. The smallest absolute Gasteiger partial charge is 0.214 e. The minimum atomic E-state index is 0.245. The van der Waals surface area contributed by atoms with E-state index >= 15 is 0 Å². The van der Waals surface area contributed by atoms with Crippen LogP contribution in [0.3, 0.4) is 0 Å². The van der Waals surface area contributed by atoms with Gasteiger partial charge in [-0.1, -0.05) is 0 Å². The van der Waals surface area contributed by atoms with Gasteiger partial charge in [0.1, 0.15) is 0 Å². The van der Waals surface area contributed by atoms with E-state index in [1.165, 1.54) is 0 Å². The molecule has 0 aliphatic rings. The Balaban J connectivity index is 2.69. The summed E-state index contributed by atoms with van der Waals surface area (Å²) < 4.78 is 6.04. The van der Waals surface area contributed by atoms with Crippen LogP contribution in [-0.4, -0.2) is 12.5 Å². The minimum Gasteiger partial charge on any atom is -0.478 e. The maximum atomic E-state index is 7.41. The first kappa shape index (κ1) is 8.74. The highest BCUT2D eigenvalue weighted by molar-refractivity contribution is 9.11. The van der Waals surface area contributed by atoms with Crippen LogP contribution < -0.4 is 0 Å². The van der Waals surface area contributed by atoms with Gasteiger partial charge in [0, 0.05) is 10.9 Å². The van der Waals surface area contributed by atoms with E-state index in [0.717, 1.165) is 9.35 Å². The number of hydrogen-bond acceptors (Lipinski definition) is 3. The zero-order chi connectivity index (χ0) is 8.27. The molecule has 60 valence electrons. The van der Waals surface area contributed by atoms with E-state index in [4.69, 9.17) is 10.1 Å². The first-order valence-electron chi connectivity index (χ1n) is 3.19. The van der Waals surface area contributed by atoms with Crippen molar-refractivity contribution in [3.63, 3.8) is 0 Å². The lowest BCUT2D eigenvalue weighted by molar-refractivity contribution is 0.326. The van der Waals surface area contributed by atoms with Crippen LogP contribution >= 0.6 is 27.3 Å². The molecule has 0 bridgehead atoms. The number of nitrogens with one attached hydrogen (secondary N) is 1. The Kier molecular flexibility index (Phi) is 3.08. The molecule has 0 fully saturated rings. The van der Waals surface area contributed by atoms with Gasteiger partial charge in [-0.05, 0) is 28.9 Å². The predicted molar refractivity (Wildman–Crippen MR) is 50.5 cm³/mol. The van der Waals surface area contributed by atoms with E-state index in [2.05, 4.69) is 15.9 Å². The molecule has 0 radical (unpaired) electrons. The standard InChI is InChI=1S/C7H8BrNOS/c1-2-10-7(9)5-3-6(8)11-4-5/h3-4,9H,2H2,1H3. The fourth-order valence-electron chi connectivity index (χ4n) is 0.657. The summed E-state index contributed by atoms with van der Waals surface area (Å²) in [5, 5.41) is 9.30. The maximum absolute atomic E-state index is 7.41. The third-order valence-electron chi connectivity index (χ3n) is 1.12. The van der Waals surface area contributed by atoms with Crippen molar-refractivity contribution in [3.05, 3.63) is 20.8 Å². The third kappa shape index (κ3) is 2.31. The summed E-state index contributed by atoms with van der Waals surface area (Å²) in [5.74, 6) is 0.245. The molecule has 0 aromatic carbocycles. The van der Waals surface area contributed by atoms with Gasteiger partial charge in [-0.2, -0.15) is 0 Å². The first-order valence-corrected chi connectivity index (χ1v) is 4.87. The first-order chi connectivity index (χ1) is 5.24. The van der Waals surface area contributed by atoms with E-state index < -0.39 is 0 Å². The number of thiophene rings is 1. The van der Waals surface area contributed by atoms with Crippen LogP contribution in [0.25, 0.3) is 0 Å². The molecule has 0 spiro atoms. The highest BCUT2D eigenvalue weighted by atomic mass is 79.9. The molecular formula is C7H8BrNOS. The quantitative estimate of drug-likeness (QED) is 0.619. The summed E-state index contributed by atoms with van der Waals surface area (Å²) in [5.41, 5.74) is 0.837. The van der Waals surface area contributed by atoms with Crippen molar-refractivity contribution in [3.8, 4) is 0 Å². The van der Waals surface area contributed by atoms with Gasteiger partial charge >= 0.3 is 0 Å². The molecule has 11 heavy (non-hydrogen) atoms. The second kappa shape index (κ2) is 3.88. The van der Waals surface area contributed by atoms with Crippen molar-refractivity contribution in [1.29, 1.82) is 5.41 Å². The van der Waals surface area contributed by atoms with Gasteiger partial charge in [-0.15, -0.1) is 11.3 Å². The van der Waals surface area contributed by atoms with Gasteiger partial charge in [0.15, 0.2) is 0 Å². The fourth-order valence-corrected chi connectivity index (χ4v) is 1.79. The summed E-state index contributed by atoms with van der Waals surface area (Å²) in [7, 11) is 0. The Morgan fingerprint density at radius 1 is 1.82 bits per heavy atom. The average molecular weight is 234 g/mol. The van der Waals surface area contributed by atoms with Crippen molar-refractivity contribution in [1.82, 2.24) is 0 Å². The Hall–Kier alpha value is -0.350. The van der Waals surface area contributed by atoms with Crippen molar-refractivity contribution in [2.24, 2.45) is 0 Å². The predicted octanol–water partition coefficient (Wildman–Crippen LogP) is 2.87. The largest absolute Gasteiger partial charge is 0.478 e. The van der Waals surface area contributed by atoms with Gasteiger partial charge in [0.25, 0.3) is 0 Å². The van der Waals surface area contributed by atoms with Gasteiger partial charge in [0.05, 0.1) is 10.4 Å². The van der Waals surface area contributed by atoms with E-state index in [-0.39, 0.29) is 5.90 Å². The monoisotopic (exact) mass is 233 g/mol. The molecule has 0 unspecified atom stereocenters. The minimum absolute atomic E-state index is 0.245. The molecule has 4 heteroatoms. The zero-order valence-corrected chi connectivity index (χ0v) is 8.46. The van der Waals surface area contributed by atoms with Crippen LogP contribution in [-0.2, 0) is 4.74 Å². The summed E-state index contributed by atoms with van der Waals surface area (Å²) in [6.45, 7) is 2.42. The van der Waals surface area contributed by atoms with Gasteiger partial charge in [0.2, 0.25) is 5.90 Å². The molecule has 0 aliphatic heterocycles. The van der Waals surface area contributed by atoms with Gasteiger partial charge < -0.3 is 4.74 Å². The fraction of sp³-hybridized carbons (Fsp3) is 0.286. The SMILES string of the molecule is CCOC(=N)c1csc(Br)c1. The average Bonchev–Trinajstić information content (AvgIpc) is 2.36. The topological polar surface area (TPSA) is 33.1 Å². The highest BCUT2D eigenvalue weighted by Crippen LogP contribution is 2.20. The van der Waals surface area contributed by atoms with E-state index in [1.54, 1.807) is 11.3 Å². The van der Waals surface area contributed by atoms with E-state index in [0.29, 0.717) is 6.61 Å². The number of hydrogen-bond donors (Lipinski definition) is 1. The van der Waals surface area contributed by atoms with Crippen molar-refractivity contribution >= 4 is 33.2 Å². The van der Waals surface area contributed by atoms with E-state index in [9.17, 15) is 0 Å². The Labute approximate surface area is 77.8 Å². The lowest BCUT2D eigenvalue weighted by atomic mass is 10.3. The summed E-state index contributed by atoms with van der Waals surface area (Å²) in [6, 6.07) is 1.88. The normalized spacial score (nSPS) is 9.64. The Morgan fingerprint density at radius 2 is 2.55 bits per heavy atom. The van der Waals surface area contributed by atoms with Crippen molar-refractivity contribution < 1.29 is 4.74 Å². The molecule has 1 aromatic heterocycles. The molecule has 0 saturated heterocycles. The van der Waals surface area contributed by atoms with Crippen LogP contribution in [0.1, 0.15) is 12.5 Å².